The molecule has 0 spiro atoms. The van der Waals surface area contributed by atoms with Crippen molar-refractivity contribution in [1.29, 1.82) is 0 Å². The summed E-state index contributed by atoms with van der Waals surface area (Å²) >= 11 is 0. The molecule has 1 amide bonds. The number of hydrogen-bond acceptors (Lipinski definition) is 6. The third-order valence-electron chi connectivity index (χ3n) is 4.91. The van der Waals surface area contributed by atoms with Gasteiger partial charge in [-0.1, -0.05) is 12.1 Å². The standard InChI is InChI=1S/C22H19FN6O4/c1-33-20-21(31)27(13-14-3-5-16(6-4-14)28-10-2-9-25-28)22(32)29(26-20)17-7-8-18(23)15(11-17)12-19(24)30/h2-11H,12-13H2,1H3,(H2,24,30). The fourth-order valence-corrected chi connectivity index (χ4v) is 3.30. The van der Waals surface area contributed by atoms with Gasteiger partial charge in [-0.2, -0.15) is 9.78 Å². The van der Waals surface area contributed by atoms with E-state index in [-0.39, 0.29) is 30.1 Å². The van der Waals surface area contributed by atoms with Crippen molar-refractivity contribution in [1.82, 2.24) is 24.1 Å². The second kappa shape index (κ2) is 8.91. The number of methoxy groups -OCH3 is 1. The second-order valence-corrected chi connectivity index (χ2v) is 7.13. The number of hydrogen-bond donors (Lipinski definition) is 1. The molecule has 10 nitrogen and oxygen atoms in total. The maximum Gasteiger partial charge on any atom is 0.352 e. The molecule has 2 aromatic carbocycles. The van der Waals surface area contributed by atoms with Crippen molar-refractivity contribution in [3.8, 4) is 17.3 Å². The quantitative estimate of drug-likeness (QED) is 0.444. The summed E-state index contributed by atoms with van der Waals surface area (Å²) in [4.78, 5) is 37.1. The lowest BCUT2D eigenvalue weighted by molar-refractivity contribution is -0.117. The van der Waals surface area contributed by atoms with Crippen molar-refractivity contribution >= 4 is 5.91 Å². The Hall–Kier alpha value is -4.54. The number of carbonyl (C=O) groups excluding carboxylic acids is 1. The smallest absolute Gasteiger partial charge is 0.352 e. The molecule has 2 N–H and O–H groups in total. The van der Waals surface area contributed by atoms with Crippen LogP contribution in [0, 0.1) is 5.82 Å². The summed E-state index contributed by atoms with van der Waals surface area (Å²) in [5.74, 6) is -1.70. The average molecular weight is 450 g/mol. The van der Waals surface area contributed by atoms with Gasteiger partial charge in [0.15, 0.2) is 0 Å². The molecule has 4 aromatic rings. The van der Waals surface area contributed by atoms with Gasteiger partial charge >= 0.3 is 11.2 Å². The summed E-state index contributed by atoms with van der Waals surface area (Å²) in [6.07, 6.45) is 3.10. The lowest BCUT2D eigenvalue weighted by Crippen LogP contribution is -2.41. The van der Waals surface area contributed by atoms with Crippen LogP contribution in [0.15, 0.2) is 70.5 Å². The summed E-state index contributed by atoms with van der Waals surface area (Å²) in [5, 5.41) is 8.11. The zero-order chi connectivity index (χ0) is 23.5. The van der Waals surface area contributed by atoms with E-state index in [0.717, 1.165) is 21.0 Å². The van der Waals surface area contributed by atoms with Crippen molar-refractivity contribution in [2.75, 3.05) is 7.11 Å². The average Bonchev–Trinajstić information content (AvgIpc) is 3.34. The SMILES string of the molecule is COc1nn(-c2ccc(F)c(CC(N)=O)c2)c(=O)n(Cc2ccc(-n3cccn3)cc2)c1=O. The highest BCUT2D eigenvalue weighted by atomic mass is 19.1. The van der Waals surface area contributed by atoms with E-state index < -0.39 is 23.0 Å². The van der Waals surface area contributed by atoms with Gasteiger partial charge in [-0.25, -0.2) is 18.4 Å². The Morgan fingerprint density at radius 3 is 2.48 bits per heavy atom. The van der Waals surface area contributed by atoms with Gasteiger partial charge in [-0.05, 0) is 47.5 Å². The van der Waals surface area contributed by atoms with E-state index in [9.17, 15) is 18.8 Å². The van der Waals surface area contributed by atoms with Gasteiger partial charge in [0.05, 0.1) is 31.5 Å². The zero-order valence-corrected chi connectivity index (χ0v) is 17.5. The van der Waals surface area contributed by atoms with Gasteiger partial charge in [0.25, 0.3) is 5.88 Å². The minimum Gasteiger partial charge on any atom is -0.476 e. The number of aromatic nitrogens is 5. The zero-order valence-electron chi connectivity index (χ0n) is 17.5. The molecule has 0 radical (unpaired) electrons. The molecule has 0 saturated carbocycles. The predicted octanol–water partition coefficient (Wildman–Crippen LogP) is 0.804. The molecule has 2 aromatic heterocycles. The van der Waals surface area contributed by atoms with Crippen molar-refractivity contribution in [3.63, 3.8) is 0 Å². The molecule has 0 aliphatic rings. The van der Waals surface area contributed by atoms with Crippen LogP contribution in [0.5, 0.6) is 5.88 Å². The van der Waals surface area contributed by atoms with Crippen LogP contribution in [-0.4, -0.2) is 37.1 Å². The van der Waals surface area contributed by atoms with Gasteiger partial charge in [0.2, 0.25) is 5.91 Å². The van der Waals surface area contributed by atoms with Crippen LogP contribution in [0.25, 0.3) is 11.4 Å². The van der Waals surface area contributed by atoms with Gasteiger partial charge in [0.1, 0.15) is 5.82 Å². The van der Waals surface area contributed by atoms with Crippen LogP contribution in [0.3, 0.4) is 0 Å². The molecule has 4 rings (SSSR count). The first-order chi connectivity index (χ1) is 15.9. The number of nitrogens with zero attached hydrogens (tertiary/aromatic N) is 5. The van der Waals surface area contributed by atoms with E-state index in [0.29, 0.717) is 5.56 Å². The van der Waals surface area contributed by atoms with Crippen molar-refractivity contribution in [2.45, 2.75) is 13.0 Å². The van der Waals surface area contributed by atoms with Crippen LogP contribution in [-0.2, 0) is 17.8 Å². The maximum atomic E-state index is 14.1. The Morgan fingerprint density at radius 2 is 1.85 bits per heavy atom. The Labute approximate surface area is 186 Å². The first kappa shape index (κ1) is 21.7. The third-order valence-corrected chi connectivity index (χ3v) is 4.91. The fraction of sp³-hybridized carbons (Fsp3) is 0.136. The van der Waals surface area contributed by atoms with E-state index in [1.54, 1.807) is 47.4 Å². The number of halogens is 1. The highest BCUT2D eigenvalue weighted by Crippen LogP contribution is 2.14. The van der Waals surface area contributed by atoms with E-state index >= 15 is 0 Å². The fourth-order valence-electron chi connectivity index (χ4n) is 3.30. The number of carbonyl (C=O) groups is 1. The molecule has 0 aliphatic carbocycles. The van der Waals surface area contributed by atoms with Crippen LogP contribution in [0.2, 0.25) is 0 Å². The summed E-state index contributed by atoms with van der Waals surface area (Å²) in [5.41, 5.74) is 5.34. The monoisotopic (exact) mass is 450 g/mol. The molecular formula is C22H19FN6O4. The first-order valence-electron chi connectivity index (χ1n) is 9.81. The highest BCUT2D eigenvalue weighted by Gasteiger charge is 2.17. The topological polar surface area (TPSA) is 127 Å². The summed E-state index contributed by atoms with van der Waals surface area (Å²) in [7, 11) is 1.25. The molecule has 33 heavy (non-hydrogen) atoms. The van der Waals surface area contributed by atoms with Gasteiger partial charge < -0.3 is 10.5 Å². The van der Waals surface area contributed by atoms with E-state index in [2.05, 4.69) is 10.2 Å². The Morgan fingerprint density at radius 1 is 1.12 bits per heavy atom. The number of primary amides is 1. The van der Waals surface area contributed by atoms with E-state index in [1.165, 1.54) is 19.2 Å². The number of ether oxygens (including phenoxy) is 1. The first-order valence-corrected chi connectivity index (χ1v) is 9.81. The lowest BCUT2D eigenvalue weighted by atomic mass is 10.1. The molecule has 2 heterocycles. The molecular weight excluding hydrogens is 431 g/mol. The van der Waals surface area contributed by atoms with Crippen molar-refractivity contribution in [3.05, 3.63) is 98.7 Å². The molecule has 0 aliphatic heterocycles. The van der Waals surface area contributed by atoms with Gasteiger partial charge in [-0.15, -0.1) is 5.10 Å². The van der Waals surface area contributed by atoms with E-state index in [4.69, 9.17) is 10.5 Å². The molecule has 168 valence electrons. The third kappa shape index (κ3) is 4.42. The summed E-state index contributed by atoms with van der Waals surface area (Å²) in [6.45, 7) is -0.0503. The Kier molecular flexibility index (Phi) is 5.85. The lowest BCUT2D eigenvalue weighted by Gasteiger charge is -2.13. The van der Waals surface area contributed by atoms with Gasteiger partial charge in [0, 0.05) is 12.4 Å². The maximum absolute atomic E-state index is 14.1. The van der Waals surface area contributed by atoms with Crippen LogP contribution >= 0.6 is 0 Å². The van der Waals surface area contributed by atoms with Gasteiger partial charge in [-0.3, -0.25) is 9.59 Å². The van der Waals surface area contributed by atoms with Crippen LogP contribution < -0.4 is 21.7 Å². The minimum absolute atomic E-state index is 0.000345. The van der Waals surface area contributed by atoms with Crippen LogP contribution in [0.1, 0.15) is 11.1 Å². The minimum atomic E-state index is -0.756. The van der Waals surface area contributed by atoms with Crippen molar-refractivity contribution < 1.29 is 13.9 Å². The number of amides is 1. The summed E-state index contributed by atoms with van der Waals surface area (Å²) in [6, 6.07) is 12.6. The summed E-state index contributed by atoms with van der Waals surface area (Å²) < 4.78 is 22.7. The number of rotatable bonds is 7. The molecule has 0 saturated heterocycles. The van der Waals surface area contributed by atoms with Crippen LogP contribution in [0.4, 0.5) is 4.39 Å². The molecule has 0 unspecified atom stereocenters. The Balaban J connectivity index is 1.76. The van der Waals surface area contributed by atoms with Crippen molar-refractivity contribution in [2.24, 2.45) is 5.73 Å². The highest BCUT2D eigenvalue weighted by molar-refractivity contribution is 5.76. The number of nitrogens with two attached hydrogens (primary N) is 1. The molecule has 0 bridgehead atoms. The second-order valence-electron chi connectivity index (χ2n) is 7.13. The number of benzene rings is 2. The molecule has 0 fully saturated rings. The molecule has 11 heteroatoms. The van der Waals surface area contributed by atoms with E-state index in [1.807, 2.05) is 0 Å². The Bertz CT molecular complexity index is 1430. The predicted molar refractivity (Wildman–Crippen MR) is 116 cm³/mol. The largest absolute Gasteiger partial charge is 0.476 e. The molecule has 0 atom stereocenters. The normalized spacial score (nSPS) is 10.8.